The summed E-state index contributed by atoms with van der Waals surface area (Å²) in [6.07, 6.45) is 0.146. The molecule has 0 aliphatic heterocycles. The minimum absolute atomic E-state index is 0.146. The molecule has 0 amide bonds. The van der Waals surface area contributed by atoms with Crippen molar-refractivity contribution in [2.45, 2.75) is 25.2 Å². The molecule has 0 fully saturated rings. The Morgan fingerprint density at radius 3 is 2.24 bits per heavy atom. The minimum atomic E-state index is -3.56. The molecule has 21 heavy (non-hydrogen) atoms. The number of rotatable bonds is 5. The van der Waals surface area contributed by atoms with Gasteiger partial charge in [0.25, 0.3) is 0 Å². The van der Waals surface area contributed by atoms with Gasteiger partial charge in [0.2, 0.25) is 0 Å². The second kappa shape index (κ2) is 6.22. The van der Waals surface area contributed by atoms with E-state index in [1.54, 1.807) is 24.3 Å². The number of carbonyl (C=O) groups is 1. The van der Waals surface area contributed by atoms with Gasteiger partial charge in [-0.2, -0.15) is 0 Å². The van der Waals surface area contributed by atoms with E-state index in [1.807, 2.05) is 38.1 Å². The van der Waals surface area contributed by atoms with Crippen molar-refractivity contribution in [2.24, 2.45) is 0 Å². The highest BCUT2D eigenvalue weighted by atomic mass is 32.2. The fourth-order valence-electron chi connectivity index (χ4n) is 2.14. The Morgan fingerprint density at radius 1 is 0.952 bits per heavy atom. The molecule has 2 aromatic carbocycles. The second-order valence-corrected chi connectivity index (χ2v) is 7.27. The number of ketones is 1. The standard InChI is InChI=1S/C17H18O3S/c1-13-6-8-17(9-7-13)21(19,20)12-16(18)11-15-5-3-4-14(2)10-15/h3-10H,11-12H2,1-2H3. The average Bonchev–Trinajstić information content (AvgIpc) is 2.38. The van der Waals surface area contributed by atoms with Crippen molar-refractivity contribution in [3.05, 3.63) is 65.2 Å². The zero-order valence-electron chi connectivity index (χ0n) is 12.2. The third-order valence-corrected chi connectivity index (χ3v) is 4.91. The van der Waals surface area contributed by atoms with E-state index < -0.39 is 15.6 Å². The average molecular weight is 302 g/mol. The predicted octanol–water partition coefficient (Wildman–Crippen LogP) is 2.89. The molecule has 0 saturated carbocycles. The Kier molecular flexibility index (Phi) is 4.58. The Bertz CT molecular complexity index is 744. The van der Waals surface area contributed by atoms with E-state index in [0.29, 0.717) is 0 Å². The number of sulfone groups is 1. The normalized spacial score (nSPS) is 11.3. The van der Waals surface area contributed by atoms with Gasteiger partial charge in [-0.1, -0.05) is 47.5 Å². The first-order valence-corrected chi connectivity index (χ1v) is 8.39. The molecule has 0 aliphatic carbocycles. The molecule has 3 nitrogen and oxygen atoms in total. The van der Waals surface area contributed by atoms with Gasteiger partial charge in [0.1, 0.15) is 5.75 Å². The minimum Gasteiger partial charge on any atom is -0.298 e. The molecule has 0 aliphatic rings. The lowest BCUT2D eigenvalue weighted by molar-refractivity contribution is -0.116. The maximum absolute atomic E-state index is 12.2. The van der Waals surface area contributed by atoms with E-state index in [-0.39, 0.29) is 17.1 Å². The van der Waals surface area contributed by atoms with Gasteiger partial charge in [0.05, 0.1) is 4.90 Å². The van der Waals surface area contributed by atoms with Crippen molar-refractivity contribution in [2.75, 3.05) is 5.75 Å². The van der Waals surface area contributed by atoms with Crippen LogP contribution in [0.2, 0.25) is 0 Å². The van der Waals surface area contributed by atoms with Crippen molar-refractivity contribution >= 4 is 15.6 Å². The van der Waals surface area contributed by atoms with Crippen LogP contribution in [0.25, 0.3) is 0 Å². The van der Waals surface area contributed by atoms with Crippen LogP contribution in [0.5, 0.6) is 0 Å². The first-order valence-electron chi connectivity index (χ1n) is 6.73. The van der Waals surface area contributed by atoms with E-state index in [4.69, 9.17) is 0 Å². The number of hydrogen-bond donors (Lipinski definition) is 0. The number of Topliss-reactive ketones (excluding diaryl/α,β-unsaturated/α-hetero) is 1. The third kappa shape index (κ3) is 4.26. The zero-order chi connectivity index (χ0) is 15.5. The molecule has 0 aromatic heterocycles. The van der Waals surface area contributed by atoms with Gasteiger partial charge in [-0.15, -0.1) is 0 Å². The zero-order valence-corrected chi connectivity index (χ0v) is 13.0. The number of hydrogen-bond acceptors (Lipinski definition) is 3. The summed E-state index contributed by atoms with van der Waals surface area (Å²) >= 11 is 0. The summed E-state index contributed by atoms with van der Waals surface area (Å²) in [4.78, 5) is 12.2. The van der Waals surface area contributed by atoms with Gasteiger partial charge in [-0.25, -0.2) is 8.42 Å². The van der Waals surface area contributed by atoms with Crippen LogP contribution in [-0.4, -0.2) is 20.0 Å². The number of carbonyl (C=O) groups excluding carboxylic acids is 1. The summed E-state index contributed by atoms with van der Waals surface area (Å²) in [5.41, 5.74) is 2.89. The van der Waals surface area contributed by atoms with E-state index in [2.05, 4.69) is 0 Å². The third-order valence-electron chi connectivity index (χ3n) is 3.21. The number of benzene rings is 2. The molecule has 0 radical (unpaired) electrons. The summed E-state index contributed by atoms with van der Waals surface area (Å²) < 4.78 is 24.4. The largest absolute Gasteiger partial charge is 0.298 e. The molecule has 4 heteroatoms. The van der Waals surface area contributed by atoms with Crippen molar-refractivity contribution in [1.29, 1.82) is 0 Å². The molecule has 0 N–H and O–H groups in total. The molecule has 0 atom stereocenters. The highest BCUT2D eigenvalue weighted by molar-refractivity contribution is 7.92. The SMILES string of the molecule is Cc1ccc(S(=O)(=O)CC(=O)Cc2cccc(C)c2)cc1. The Morgan fingerprint density at radius 2 is 1.62 bits per heavy atom. The Labute approximate surface area is 125 Å². The molecule has 0 spiro atoms. The highest BCUT2D eigenvalue weighted by Gasteiger charge is 2.19. The second-order valence-electron chi connectivity index (χ2n) is 5.28. The highest BCUT2D eigenvalue weighted by Crippen LogP contribution is 2.13. The van der Waals surface area contributed by atoms with Crippen LogP contribution in [0.3, 0.4) is 0 Å². The maximum atomic E-state index is 12.2. The van der Waals surface area contributed by atoms with Crippen LogP contribution >= 0.6 is 0 Å². The van der Waals surface area contributed by atoms with Crippen LogP contribution in [0, 0.1) is 13.8 Å². The first-order chi connectivity index (χ1) is 9.87. The first kappa shape index (κ1) is 15.4. The fraction of sp³-hybridized carbons (Fsp3) is 0.235. The Balaban J connectivity index is 2.09. The summed E-state index contributed by atoms with van der Waals surface area (Å²) in [6.45, 7) is 3.83. The summed E-state index contributed by atoms with van der Waals surface area (Å²) in [7, 11) is -3.56. The van der Waals surface area contributed by atoms with E-state index in [1.165, 1.54) is 0 Å². The molecular formula is C17H18O3S. The van der Waals surface area contributed by atoms with Crippen LogP contribution < -0.4 is 0 Å². The maximum Gasteiger partial charge on any atom is 0.185 e. The van der Waals surface area contributed by atoms with Gasteiger partial charge in [0, 0.05) is 6.42 Å². The lowest BCUT2D eigenvalue weighted by atomic mass is 10.1. The molecule has 0 bridgehead atoms. The summed E-state index contributed by atoms with van der Waals surface area (Å²) in [5, 5.41) is 0. The van der Waals surface area contributed by atoms with E-state index in [9.17, 15) is 13.2 Å². The lowest BCUT2D eigenvalue weighted by Crippen LogP contribution is -2.18. The molecule has 0 saturated heterocycles. The van der Waals surface area contributed by atoms with Crippen molar-refractivity contribution < 1.29 is 13.2 Å². The predicted molar refractivity (Wildman–Crippen MR) is 83.1 cm³/mol. The van der Waals surface area contributed by atoms with E-state index in [0.717, 1.165) is 16.7 Å². The van der Waals surface area contributed by atoms with Gasteiger partial charge < -0.3 is 0 Å². The lowest BCUT2D eigenvalue weighted by Gasteiger charge is -2.05. The topological polar surface area (TPSA) is 51.2 Å². The quantitative estimate of drug-likeness (QED) is 0.853. The monoisotopic (exact) mass is 302 g/mol. The van der Waals surface area contributed by atoms with Crippen molar-refractivity contribution in [1.82, 2.24) is 0 Å². The number of aryl methyl sites for hydroxylation is 2. The van der Waals surface area contributed by atoms with Gasteiger partial charge in [-0.3, -0.25) is 4.79 Å². The van der Waals surface area contributed by atoms with Crippen LogP contribution in [0.4, 0.5) is 0 Å². The summed E-state index contributed by atoms with van der Waals surface area (Å²) in [6, 6.07) is 14.1. The summed E-state index contributed by atoms with van der Waals surface area (Å²) in [5.74, 6) is -0.745. The Hall–Kier alpha value is -1.94. The molecule has 0 unspecified atom stereocenters. The van der Waals surface area contributed by atoms with Crippen molar-refractivity contribution in [3.8, 4) is 0 Å². The van der Waals surface area contributed by atoms with E-state index >= 15 is 0 Å². The molecule has 0 heterocycles. The molecule has 110 valence electrons. The molecule has 2 rings (SSSR count). The molecule has 2 aromatic rings. The molecular weight excluding hydrogens is 284 g/mol. The van der Waals surface area contributed by atoms with Gasteiger partial charge in [0.15, 0.2) is 15.6 Å². The van der Waals surface area contributed by atoms with Crippen molar-refractivity contribution in [3.63, 3.8) is 0 Å². The van der Waals surface area contributed by atoms with Crippen LogP contribution in [0.1, 0.15) is 16.7 Å². The van der Waals surface area contributed by atoms with Crippen LogP contribution in [0.15, 0.2) is 53.4 Å². The fourth-order valence-corrected chi connectivity index (χ4v) is 3.39. The van der Waals surface area contributed by atoms with Crippen LogP contribution in [-0.2, 0) is 21.1 Å². The smallest absolute Gasteiger partial charge is 0.185 e. The van der Waals surface area contributed by atoms with Gasteiger partial charge in [-0.05, 0) is 31.5 Å². The van der Waals surface area contributed by atoms with Gasteiger partial charge >= 0.3 is 0 Å².